The maximum Gasteiger partial charge on any atom is 0.208 e. The second-order valence-corrected chi connectivity index (χ2v) is 4.45. The van der Waals surface area contributed by atoms with E-state index < -0.39 is 0 Å². The highest BCUT2D eigenvalue weighted by molar-refractivity contribution is 7.15. The second kappa shape index (κ2) is 5.65. The van der Waals surface area contributed by atoms with Crippen molar-refractivity contribution in [3.63, 3.8) is 0 Å². The van der Waals surface area contributed by atoms with Crippen molar-refractivity contribution < 1.29 is 4.92 Å². The molecule has 0 saturated heterocycles. The van der Waals surface area contributed by atoms with Gasteiger partial charge in [0.1, 0.15) is 0 Å². The first-order valence-electron chi connectivity index (χ1n) is 4.99. The van der Waals surface area contributed by atoms with Crippen molar-refractivity contribution in [3.8, 4) is 0 Å². The zero-order valence-electron chi connectivity index (χ0n) is 8.73. The Hall–Kier alpha value is -1.17. The van der Waals surface area contributed by atoms with Crippen LogP contribution in [0.5, 0.6) is 0 Å². The molecule has 0 spiro atoms. The van der Waals surface area contributed by atoms with E-state index in [-0.39, 0.29) is 11.5 Å². The molecule has 0 amide bonds. The van der Waals surface area contributed by atoms with Gasteiger partial charge in [0.15, 0.2) is 5.13 Å². The predicted molar refractivity (Wildman–Crippen MR) is 60.7 cm³/mol. The summed E-state index contributed by atoms with van der Waals surface area (Å²) in [5.74, 6) is 0. The van der Waals surface area contributed by atoms with Crippen molar-refractivity contribution in [1.29, 1.82) is 0 Å². The van der Waals surface area contributed by atoms with Crippen molar-refractivity contribution >= 4 is 16.5 Å². The molecule has 1 aromatic rings. The first-order chi connectivity index (χ1) is 7.13. The Balaban J connectivity index is 2.63. The first kappa shape index (κ1) is 11.9. The molecule has 1 heterocycles. The number of unbranched alkanes of at least 4 members (excludes halogenated alkanes) is 1. The van der Waals surface area contributed by atoms with Crippen LogP contribution in [0.2, 0.25) is 0 Å². The molecule has 1 rings (SSSR count). The number of hydrogen-bond acceptors (Lipinski definition) is 5. The maximum atomic E-state index is 10.3. The van der Waals surface area contributed by atoms with E-state index in [1.807, 2.05) is 0 Å². The molecule has 0 saturated carbocycles. The summed E-state index contributed by atoms with van der Waals surface area (Å²) in [6, 6.07) is 0. The standard InChI is InChI=1S/C9H15N3O2S/c1-2-3-4-7-8(5-6-12(13)14)15-9(10)11-7/h2-6H2,1H3,(H2,10,11). The first-order valence-corrected chi connectivity index (χ1v) is 5.81. The largest absolute Gasteiger partial charge is 0.375 e. The summed E-state index contributed by atoms with van der Waals surface area (Å²) in [5, 5.41) is 10.8. The number of thiazole rings is 1. The summed E-state index contributed by atoms with van der Waals surface area (Å²) in [7, 11) is 0. The molecule has 0 unspecified atom stereocenters. The smallest absolute Gasteiger partial charge is 0.208 e. The zero-order chi connectivity index (χ0) is 11.3. The van der Waals surface area contributed by atoms with E-state index in [1.165, 1.54) is 11.3 Å². The highest BCUT2D eigenvalue weighted by Gasteiger charge is 2.11. The van der Waals surface area contributed by atoms with E-state index in [4.69, 9.17) is 5.73 Å². The number of aryl methyl sites for hydroxylation is 1. The fourth-order valence-corrected chi connectivity index (χ4v) is 2.20. The molecule has 6 heteroatoms. The average Bonchev–Trinajstić information content (AvgIpc) is 2.52. The number of nitrogens with zero attached hydrogens (tertiary/aromatic N) is 2. The van der Waals surface area contributed by atoms with E-state index in [0.717, 1.165) is 29.8 Å². The Morgan fingerprint density at radius 1 is 1.53 bits per heavy atom. The number of nitro groups is 1. The SMILES string of the molecule is CCCCc1nc(N)sc1CC[N+](=O)[O-]. The molecule has 0 aliphatic carbocycles. The predicted octanol–water partition coefficient (Wildman–Crippen LogP) is 1.89. The van der Waals surface area contributed by atoms with Gasteiger partial charge in [-0.1, -0.05) is 13.3 Å². The van der Waals surface area contributed by atoms with Crippen LogP contribution in [-0.2, 0) is 12.8 Å². The van der Waals surface area contributed by atoms with Gasteiger partial charge in [0.05, 0.1) is 5.69 Å². The van der Waals surface area contributed by atoms with Gasteiger partial charge in [-0.05, 0) is 12.8 Å². The minimum absolute atomic E-state index is 0.0409. The summed E-state index contributed by atoms with van der Waals surface area (Å²) >= 11 is 1.37. The van der Waals surface area contributed by atoms with Crippen LogP contribution in [0.1, 0.15) is 30.3 Å². The number of nitrogen functional groups attached to an aromatic ring is 1. The lowest BCUT2D eigenvalue weighted by molar-refractivity contribution is -0.479. The molecule has 0 radical (unpaired) electrons. The normalized spacial score (nSPS) is 10.5. The molecule has 0 aromatic carbocycles. The number of anilines is 1. The van der Waals surface area contributed by atoms with Gasteiger partial charge in [-0.25, -0.2) is 4.98 Å². The van der Waals surface area contributed by atoms with Crippen LogP contribution in [0.4, 0.5) is 5.13 Å². The van der Waals surface area contributed by atoms with Crippen molar-refractivity contribution in [2.24, 2.45) is 0 Å². The van der Waals surface area contributed by atoms with E-state index >= 15 is 0 Å². The van der Waals surface area contributed by atoms with Crippen LogP contribution in [0.25, 0.3) is 0 Å². The molecule has 5 nitrogen and oxygen atoms in total. The van der Waals surface area contributed by atoms with Gasteiger partial charge in [0.2, 0.25) is 6.54 Å². The van der Waals surface area contributed by atoms with Crippen molar-refractivity contribution in [2.75, 3.05) is 12.3 Å². The topological polar surface area (TPSA) is 82.0 Å². The Labute approximate surface area is 92.5 Å². The molecule has 0 aliphatic rings. The summed E-state index contributed by atoms with van der Waals surface area (Å²) in [6.45, 7) is 2.06. The average molecular weight is 229 g/mol. The molecule has 1 aromatic heterocycles. The molecular formula is C9H15N3O2S. The lowest BCUT2D eigenvalue weighted by Gasteiger charge is -1.98. The molecule has 15 heavy (non-hydrogen) atoms. The number of rotatable bonds is 6. The monoisotopic (exact) mass is 229 g/mol. The third-order valence-electron chi connectivity index (χ3n) is 2.08. The Morgan fingerprint density at radius 3 is 2.87 bits per heavy atom. The lowest BCUT2D eigenvalue weighted by atomic mass is 10.1. The van der Waals surface area contributed by atoms with Gasteiger partial charge >= 0.3 is 0 Å². The highest BCUT2D eigenvalue weighted by Crippen LogP contribution is 2.22. The van der Waals surface area contributed by atoms with E-state index in [0.29, 0.717) is 11.6 Å². The minimum Gasteiger partial charge on any atom is -0.375 e. The summed E-state index contributed by atoms with van der Waals surface area (Å²) in [5.41, 5.74) is 6.54. The number of aromatic nitrogens is 1. The number of hydrogen-bond donors (Lipinski definition) is 1. The van der Waals surface area contributed by atoms with Gasteiger partial charge in [0.25, 0.3) is 0 Å². The van der Waals surface area contributed by atoms with Gasteiger partial charge < -0.3 is 5.73 Å². The Morgan fingerprint density at radius 2 is 2.27 bits per heavy atom. The van der Waals surface area contributed by atoms with Crippen molar-refractivity contribution in [2.45, 2.75) is 32.6 Å². The van der Waals surface area contributed by atoms with Crippen molar-refractivity contribution in [3.05, 3.63) is 20.7 Å². The van der Waals surface area contributed by atoms with Crippen LogP contribution >= 0.6 is 11.3 Å². The van der Waals surface area contributed by atoms with E-state index in [2.05, 4.69) is 11.9 Å². The van der Waals surface area contributed by atoms with Crippen LogP contribution in [-0.4, -0.2) is 16.5 Å². The van der Waals surface area contributed by atoms with Crippen LogP contribution < -0.4 is 5.73 Å². The lowest BCUT2D eigenvalue weighted by Crippen LogP contribution is -2.04. The molecule has 0 atom stereocenters. The molecule has 0 aliphatic heterocycles. The molecule has 84 valence electrons. The third kappa shape index (κ3) is 3.83. The Kier molecular flexibility index (Phi) is 4.48. The third-order valence-corrected chi connectivity index (χ3v) is 3.07. The highest BCUT2D eigenvalue weighted by atomic mass is 32.1. The quantitative estimate of drug-likeness (QED) is 0.596. The van der Waals surface area contributed by atoms with E-state index in [9.17, 15) is 10.1 Å². The molecular weight excluding hydrogens is 214 g/mol. The van der Waals surface area contributed by atoms with Gasteiger partial charge in [-0.3, -0.25) is 10.1 Å². The van der Waals surface area contributed by atoms with Gasteiger partial charge in [-0.15, -0.1) is 11.3 Å². The maximum absolute atomic E-state index is 10.3. The fourth-order valence-electron chi connectivity index (χ4n) is 1.33. The number of nitrogens with two attached hydrogens (primary N) is 1. The van der Waals surface area contributed by atoms with Gasteiger partial charge in [-0.2, -0.15) is 0 Å². The van der Waals surface area contributed by atoms with Crippen LogP contribution in [0, 0.1) is 10.1 Å². The molecule has 0 fully saturated rings. The summed E-state index contributed by atoms with van der Waals surface area (Å²) < 4.78 is 0. The van der Waals surface area contributed by atoms with Crippen molar-refractivity contribution in [1.82, 2.24) is 4.98 Å². The van der Waals surface area contributed by atoms with E-state index in [1.54, 1.807) is 0 Å². The minimum atomic E-state index is -0.306. The molecule has 2 N–H and O–H groups in total. The Bertz CT molecular complexity index is 338. The molecule has 0 bridgehead atoms. The van der Waals surface area contributed by atoms with Crippen LogP contribution in [0.15, 0.2) is 0 Å². The summed E-state index contributed by atoms with van der Waals surface area (Å²) in [4.78, 5) is 15.1. The van der Waals surface area contributed by atoms with Gasteiger partial charge in [0, 0.05) is 16.2 Å². The second-order valence-electron chi connectivity index (χ2n) is 3.33. The van der Waals surface area contributed by atoms with Crippen LogP contribution in [0.3, 0.4) is 0 Å². The fraction of sp³-hybridized carbons (Fsp3) is 0.667. The summed E-state index contributed by atoms with van der Waals surface area (Å²) in [6.07, 6.45) is 3.46. The zero-order valence-corrected chi connectivity index (χ0v) is 9.55.